The molecule has 0 spiro atoms. The van der Waals surface area contributed by atoms with Gasteiger partial charge < -0.3 is 0 Å². The van der Waals surface area contributed by atoms with E-state index in [4.69, 9.17) is 11.6 Å². The molecule has 0 radical (unpaired) electrons. The van der Waals surface area contributed by atoms with Crippen molar-refractivity contribution in [3.05, 3.63) is 69.7 Å². The maximum absolute atomic E-state index is 6.02. The third kappa shape index (κ3) is 2.45. The van der Waals surface area contributed by atoms with Gasteiger partial charge in [-0.3, -0.25) is 0 Å². The van der Waals surface area contributed by atoms with Crippen LogP contribution in [-0.4, -0.2) is 0 Å². The van der Waals surface area contributed by atoms with E-state index in [1.807, 2.05) is 6.07 Å². The van der Waals surface area contributed by atoms with E-state index in [-0.39, 0.29) is 0 Å². The van der Waals surface area contributed by atoms with Crippen LogP contribution in [0, 0.1) is 13.8 Å². The average Bonchev–Trinajstić information content (AvgIpc) is 2.27. The van der Waals surface area contributed by atoms with Crippen molar-refractivity contribution >= 4 is 11.6 Å². The molecule has 0 unspecified atom stereocenters. The zero-order valence-electron chi connectivity index (χ0n) is 9.63. The third-order valence-corrected chi connectivity index (χ3v) is 3.19. The first kappa shape index (κ1) is 11.2. The Morgan fingerprint density at radius 3 is 2.31 bits per heavy atom. The summed E-state index contributed by atoms with van der Waals surface area (Å²) in [4.78, 5) is 0. The van der Waals surface area contributed by atoms with Crippen LogP contribution in [0.15, 0.2) is 42.5 Å². The highest BCUT2D eigenvalue weighted by Crippen LogP contribution is 2.20. The van der Waals surface area contributed by atoms with Crippen molar-refractivity contribution in [3.8, 4) is 0 Å². The normalized spacial score (nSPS) is 10.4. The largest absolute Gasteiger partial charge is 0.0843 e. The monoisotopic (exact) mass is 230 g/mol. The zero-order chi connectivity index (χ0) is 11.5. The van der Waals surface area contributed by atoms with Gasteiger partial charge in [-0.15, -0.1) is 0 Å². The van der Waals surface area contributed by atoms with E-state index >= 15 is 0 Å². The Kier molecular flexibility index (Phi) is 3.31. The molecule has 0 nitrogen and oxygen atoms in total. The van der Waals surface area contributed by atoms with Gasteiger partial charge in [-0.25, -0.2) is 0 Å². The quantitative estimate of drug-likeness (QED) is 0.710. The molecule has 0 saturated heterocycles. The molecule has 0 N–H and O–H groups in total. The third-order valence-electron chi connectivity index (χ3n) is 2.95. The molecule has 0 heterocycles. The van der Waals surface area contributed by atoms with Gasteiger partial charge in [-0.05, 0) is 54.7 Å². The highest BCUT2D eigenvalue weighted by molar-refractivity contribution is 6.30. The molecule has 1 heteroatoms. The molecule has 82 valence electrons. The van der Waals surface area contributed by atoms with Crippen LogP contribution in [0.3, 0.4) is 0 Å². The average molecular weight is 231 g/mol. The van der Waals surface area contributed by atoms with E-state index in [2.05, 4.69) is 50.2 Å². The summed E-state index contributed by atoms with van der Waals surface area (Å²) in [6.45, 7) is 4.28. The van der Waals surface area contributed by atoms with E-state index in [0.29, 0.717) is 0 Å². The summed E-state index contributed by atoms with van der Waals surface area (Å²) in [5.41, 5.74) is 5.31. The minimum atomic E-state index is 0.814. The van der Waals surface area contributed by atoms with Crippen LogP contribution in [0.2, 0.25) is 5.02 Å². The zero-order valence-corrected chi connectivity index (χ0v) is 10.4. The number of hydrogen-bond acceptors (Lipinski definition) is 0. The van der Waals surface area contributed by atoms with E-state index in [0.717, 1.165) is 11.4 Å². The number of benzene rings is 2. The molecule has 16 heavy (non-hydrogen) atoms. The SMILES string of the molecule is Cc1ccccc1Cc1cc(Cl)ccc1C. The molecule has 2 rings (SSSR count). The summed E-state index contributed by atoms with van der Waals surface area (Å²) in [6, 6.07) is 14.6. The fourth-order valence-electron chi connectivity index (χ4n) is 1.84. The first-order valence-corrected chi connectivity index (χ1v) is 5.84. The maximum atomic E-state index is 6.02. The number of aryl methyl sites for hydroxylation is 2. The Morgan fingerprint density at radius 2 is 1.56 bits per heavy atom. The summed E-state index contributed by atoms with van der Waals surface area (Å²) in [7, 11) is 0. The maximum Gasteiger partial charge on any atom is 0.0409 e. The second kappa shape index (κ2) is 4.71. The summed E-state index contributed by atoms with van der Waals surface area (Å²) in [6.07, 6.45) is 0.957. The Bertz CT molecular complexity index is 501. The highest BCUT2D eigenvalue weighted by atomic mass is 35.5. The van der Waals surface area contributed by atoms with Crippen LogP contribution < -0.4 is 0 Å². The minimum Gasteiger partial charge on any atom is -0.0843 e. The van der Waals surface area contributed by atoms with Gasteiger partial charge >= 0.3 is 0 Å². The van der Waals surface area contributed by atoms with Crippen LogP contribution >= 0.6 is 11.6 Å². The molecule has 0 aromatic heterocycles. The fourth-order valence-corrected chi connectivity index (χ4v) is 2.04. The molecule has 0 fully saturated rings. The molecule has 0 atom stereocenters. The Balaban J connectivity index is 2.34. The van der Waals surface area contributed by atoms with E-state index in [1.165, 1.54) is 22.3 Å². The Labute approximate surface area is 102 Å². The van der Waals surface area contributed by atoms with Gasteiger partial charge in [-0.2, -0.15) is 0 Å². The van der Waals surface area contributed by atoms with Gasteiger partial charge in [0, 0.05) is 5.02 Å². The lowest BCUT2D eigenvalue weighted by molar-refractivity contribution is 1.13. The van der Waals surface area contributed by atoms with Gasteiger partial charge in [0.2, 0.25) is 0 Å². The lowest BCUT2D eigenvalue weighted by Gasteiger charge is -2.08. The molecule has 0 bridgehead atoms. The minimum absolute atomic E-state index is 0.814. The molecule has 0 aliphatic carbocycles. The fraction of sp³-hybridized carbons (Fsp3) is 0.200. The van der Waals surface area contributed by atoms with Gasteiger partial charge in [0.15, 0.2) is 0 Å². The van der Waals surface area contributed by atoms with E-state index in [1.54, 1.807) is 0 Å². The summed E-state index contributed by atoms with van der Waals surface area (Å²) in [5.74, 6) is 0. The molecular formula is C15H15Cl. The van der Waals surface area contributed by atoms with Crippen molar-refractivity contribution < 1.29 is 0 Å². The Hall–Kier alpha value is -1.27. The predicted molar refractivity (Wildman–Crippen MR) is 70.2 cm³/mol. The topological polar surface area (TPSA) is 0 Å². The highest BCUT2D eigenvalue weighted by Gasteiger charge is 2.03. The standard InChI is InChI=1S/C15H15Cl/c1-11-5-3-4-6-13(11)9-14-10-15(16)8-7-12(14)2/h3-8,10H,9H2,1-2H3. The van der Waals surface area contributed by atoms with Crippen molar-refractivity contribution in [2.24, 2.45) is 0 Å². The number of rotatable bonds is 2. The summed E-state index contributed by atoms with van der Waals surface area (Å²) < 4.78 is 0. The summed E-state index contributed by atoms with van der Waals surface area (Å²) in [5, 5.41) is 0.814. The van der Waals surface area contributed by atoms with E-state index in [9.17, 15) is 0 Å². The summed E-state index contributed by atoms with van der Waals surface area (Å²) >= 11 is 6.02. The smallest absolute Gasteiger partial charge is 0.0409 e. The van der Waals surface area contributed by atoms with Crippen LogP contribution in [-0.2, 0) is 6.42 Å². The van der Waals surface area contributed by atoms with Crippen molar-refractivity contribution in [3.63, 3.8) is 0 Å². The molecular weight excluding hydrogens is 216 g/mol. The van der Waals surface area contributed by atoms with Gasteiger partial charge in [0.05, 0.1) is 0 Å². The first-order chi connectivity index (χ1) is 7.66. The molecule has 0 aliphatic rings. The van der Waals surface area contributed by atoms with Gasteiger partial charge in [0.25, 0.3) is 0 Å². The molecule has 2 aromatic carbocycles. The number of halogens is 1. The molecule has 0 aliphatic heterocycles. The van der Waals surface area contributed by atoms with Gasteiger partial charge in [-0.1, -0.05) is 41.9 Å². The van der Waals surface area contributed by atoms with Gasteiger partial charge in [0.1, 0.15) is 0 Å². The van der Waals surface area contributed by atoms with Crippen LogP contribution in [0.1, 0.15) is 22.3 Å². The van der Waals surface area contributed by atoms with Crippen LogP contribution in [0.4, 0.5) is 0 Å². The Morgan fingerprint density at radius 1 is 0.875 bits per heavy atom. The molecule has 2 aromatic rings. The van der Waals surface area contributed by atoms with Crippen LogP contribution in [0.5, 0.6) is 0 Å². The lowest BCUT2D eigenvalue weighted by Crippen LogP contribution is -1.94. The lowest BCUT2D eigenvalue weighted by atomic mass is 9.98. The molecule has 0 saturated carbocycles. The first-order valence-electron chi connectivity index (χ1n) is 5.46. The van der Waals surface area contributed by atoms with Crippen molar-refractivity contribution in [2.45, 2.75) is 20.3 Å². The second-order valence-electron chi connectivity index (χ2n) is 4.17. The van der Waals surface area contributed by atoms with E-state index < -0.39 is 0 Å². The second-order valence-corrected chi connectivity index (χ2v) is 4.61. The number of hydrogen-bond donors (Lipinski definition) is 0. The van der Waals surface area contributed by atoms with Crippen LogP contribution in [0.25, 0.3) is 0 Å². The van der Waals surface area contributed by atoms with Crippen molar-refractivity contribution in [1.29, 1.82) is 0 Å². The van der Waals surface area contributed by atoms with Crippen molar-refractivity contribution in [1.82, 2.24) is 0 Å². The predicted octanol–water partition coefficient (Wildman–Crippen LogP) is 4.55. The molecule has 0 amide bonds. The van der Waals surface area contributed by atoms with Crippen molar-refractivity contribution in [2.75, 3.05) is 0 Å².